The summed E-state index contributed by atoms with van der Waals surface area (Å²) < 4.78 is 7.47. The van der Waals surface area contributed by atoms with Crippen molar-refractivity contribution in [2.75, 3.05) is 25.0 Å². The molecule has 1 aliphatic heterocycles. The second-order valence-corrected chi connectivity index (χ2v) is 8.89. The first-order valence-corrected chi connectivity index (χ1v) is 12.0. The van der Waals surface area contributed by atoms with Gasteiger partial charge in [0.25, 0.3) is 5.56 Å². The van der Waals surface area contributed by atoms with Crippen molar-refractivity contribution >= 4 is 35.4 Å². The van der Waals surface area contributed by atoms with Crippen LogP contribution in [0, 0.1) is 0 Å². The molecule has 34 heavy (non-hydrogen) atoms. The van der Waals surface area contributed by atoms with Gasteiger partial charge in [0.2, 0.25) is 5.95 Å². The van der Waals surface area contributed by atoms with E-state index >= 15 is 0 Å². The molecule has 0 radical (unpaired) electrons. The molecule has 0 spiro atoms. The van der Waals surface area contributed by atoms with E-state index in [1.807, 2.05) is 12.4 Å². The van der Waals surface area contributed by atoms with Crippen molar-refractivity contribution in [3.05, 3.63) is 68.3 Å². The monoisotopic (exact) mass is 500 g/mol. The summed E-state index contributed by atoms with van der Waals surface area (Å²) in [6, 6.07) is 6.34. The van der Waals surface area contributed by atoms with Gasteiger partial charge in [0, 0.05) is 51.4 Å². The number of benzene rings is 1. The van der Waals surface area contributed by atoms with Crippen molar-refractivity contribution in [3.63, 3.8) is 0 Å². The van der Waals surface area contributed by atoms with E-state index in [0.717, 1.165) is 50.3 Å². The highest BCUT2D eigenvalue weighted by Crippen LogP contribution is 2.25. The Balaban J connectivity index is 1.48. The zero-order valence-corrected chi connectivity index (χ0v) is 20.6. The number of rotatable bonds is 7. The largest absolute Gasteiger partial charge is 0.488 e. The van der Waals surface area contributed by atoms with Gasteiger partial charge in [0.1, 0.15) is 11.8 Å². The number of aliphatic imine (C=N–C) groups is 1. The average Bonchev–Trinajstić information content (AvgIpc) is 2.84. The summed E-state index contributed by atoms with van der Waals surface area (Å²) in [6.07, 6.45) is 8.93. The molecule has 0 N–H and O–H groups in total. The number of anilines is 1. The van der Waals surface area contributed by atoms with Crippen LogP contribution in [-0.2, 0) is 6.42 Å². The zero-order valence-electron chi connectivity index (χ0n) is 19.1. The van der Waals surface area contributed by atoms with Gasteiger partial charge in [-0.3, -0.25) is 9.79 Å². The van der Waals surface area contributed by atoms with E-state index in [9.17, 15) is 4.79 Å². The van der Waals surface area contributed by atoms with E-state index in [2.05, 4.69) is 31.9 Å². The quantitative estimate of drug-likeness (QED) is 0.447. The molecule has 0 bridgehead atoms. The fourth-order valence-electron chi connectivity index (χ4n) is 3.84. The van der Waals surface area contributed by atoms with Crippen molar-refractivity contribution in [2.24, 2.45) is 4.99 Å². The Morgan fingerprint density at radius 3 is 2.53 bits per heavy atom. The maximum absolute atomic E-state index is 12.8. The molecule has 1 aliphatic rings. The average molecular weight is 501 g/mol. The number of nitrogens with zero attached hydrogens (tertiary/aromatic N) is 6. The highest BCUT2D eigenvalue weighted by Gasteiger charge is 2.24. The van der Waals surface area contributed by atoms with Crippen LogP contribution in [0.15, 0.2) is 46.4 Å². The normalized spacial score (nSPS) is 14.6. The van der Waals surface area contributed by atoms with E-state index in [4.69, 9.17) is 27.9 Å². The molecule has 3 heterocycles. The number of hydrogen-bond donors (Lipinski definition) is 0. The topological polar surface area (TPSA) is 85.5 Å². The van der Waals surface area contributed by atoms with Crippen molar-refractivity contribution in [3.8, 4) is 11.4 Å². The first-order valence-electron chi connectivity index (χ1n) is 11.2. The van der Waals surface area contributed by atoms with Gasteiger partial charge in [-0.1, -0.05) is 36.5 Å². The summed E-state index contributed by atoms with van der Waals surface area (Å²) in [4.78, 5) is 28.1. The van der Waals surface area contributed by atoms with Gasteiger partial charge in [-0.25, -0.2) is 9.97 Å². The fraction of sp³-hybridized carbons (Fsp3) is 0.375. The first kappa shape index (κ1) is 24.2. The molecule has 1 aromatic carbocycles. The van der Waals surface area contributed by atoms with Crippen LogP contribution >= 0.6 is 23.2 Å². The molecular weight excluding hydrogens is 475 g/mol. The Labute approximate surface area is 208 Å². The summed E-state index contributed by atoms with van der Waals surface area (Å²) in [5.41, 5.74) is 1.79. The molecule has 3 aromatic rings. The number of piperidine rings is 1. The summed E-state index contributed by atoms with van der Waals surface area (Å²) in [6.45, 7) is 3.67. The molecule has 0 unspecified atom stereocenters. The molecule has 1 saturated heterocycles. The third kappa shape index (κ3) is 5.56. The minimum atomic E-state index is -0.334. The molecule has 0 saturated carbocycles. The predicted octanol–water partition coefficient (Wildman–Crippen LogP) is 4.38. The molecule has 178 valence electrons. The van der Waals surface area contributed by atoms with Crippen molar-refractivity contribution in [2.45, 2.75) is 38.7 Å². The molecule has 0 amide bonds. The smallest absolute Gasteiger partial charge is 0.275 e. The number of aryl methyl sites for hydroxylation is 1. The van der Waals surface area contributed by atoms with Crippen LogP contribution in [0.2, 0.25) is 10.0 Å². The van der Waals surface area contributed by atoms with Gasteiger partial charge >= 0.3 is 0 Å². The Morgan fingerprint density at radius 2 is 1.88 bits per heavy atom. The maximum atomic E-state index is 12.8. The van der Waals surface area contributed by atoms with Crippen LogP contribution in [0.4, 0.5) is 5.95 Å². The summed E-state index contributed by atoms with van der Waals surface area (Å²) in [5, 5.41) is 5.20. The molecule has 4 rings (SSSR count). The zero-order chi connectivity index (χ0) is 24.1. The number of aromatic nitrogens is 4. The predicted molar refractivity (Wildman–Crippen MR) is 135 cm³/mol. The highest BCUT2D eigenvalue weighted by molar-refractivity contribution is 6.42. The minimum Gasteiger partial charge on any atom is -0.488 e. The van der Waals surface area contributed by atoms with Crippen LogP contribution in [-0.4, -0.2) is 52.2 Å². The van der Waals surface area contributed by atoms with E-state index in [-0.39, 0.29) is 11.7 Å². The lowest BCUT2D eigenvalue weighted by molar-refractivity contribution is 0.169. The van der Waals surface area contributed by atoms with Crippen LogP contribution in [0.25, 0.3) is 5.69 Å². The van der Waals surface area contributed by atoms with Crippen LogP contribution in [0.5, 0.6) is 5.75 Å². The lowest BCUT2D eigenvalue weighted by Crippen LogP contribution is -2.39. The molecule has 2 aromatic heterocycles. The Hall–Kier alpha value is -2.97. The number of hydrogen-bond acceptors (Lipinski definition) is 7. The third-order valence-electron chi connectivity index (χ3n) is 5.57. The van der Waals surface area contributed by atoms with E-state index in [1.54, 1.807) is 31.5 Å². The Bertz CT molecular complexity index is 1220. The van der Waals surface area contributed by atoms with E-state index in [1.165, 1.54) is 10.7 Å². The van der Waals surface area contributed by atoms with Gasteiger partial charge in [0.05, 0.1) is 21.9 Å². The van der Waals surface area contributed by atoms with E-state index in [0.29, 0.717) is 27.2 Å². The van der Waals surface area contributed by atoms with Gasteiger partial charge in [-0.2, -0.15) is 9.78 Å². The van der Waals surface area contributed by atoms with Crippen LogP contribution in [0.3, 0.4) is 0 Å². The van der Waals surface area contributed by atoms with E-state index < -0.39 is 0 Å². The molecule has 1 fully saturated rings. The number of halogens is 2. The van der Waals surface area contributed by atoms with Gasteiger partial charge in [-0.05, 0) is 30.2 Å². The van der Waals surface area contributed by atoms with Crippen molar-refractivity contribution in [1.29, 1.82) is 0 Å². The molecule has 10 heteroatoms. The maximum Gasteiger partial charge on any atom is 0.275 e. The Morgan fingerprint density at radius 1 is 1.15 bits per heavy atom. The fourth-order valence-corrected chi connectivity index (χ4v) is 4.14. The summed E-state index contributed by atoms with van der Waals surface area (Å²) in [7, 11) is 1.64. The standard InChI is InChI=1S/C24H26Cl2N6O2/c1-3-4-16-13-28-24(29-14-16)31-9-7-18(8-10-31)34-22-12-23(33)32(30-21(22)15-27-2)17-5-6-19(25)20(26)11-17/h5-6,11-15,18H,3-4,7-10H2,1-2H3. The van der Waals surface area contributed by atoms with Crippen LogP contribution in [0.1, 0.15) is 37.4 Å². The van der Waals surface area contributed by atoms with Crippen molar-refractivity contribution in [1.82, 2.24) is 19.7 Å². The lowest BCUT2D eigenvalue weighted by atomic mass is 10.1. The van der Waals surface area contributed by atoms with Crippen LogP contribution < -0.4 is 15.2 Å². The summed E-state index contributed by atoms with van der Waals surface area (Å²) >= 11 is 12.1. The molecule has 8 nitrogen and oxygen atoms in total. The van der Waals surface area contributed by atoms with Gasteiger partial charge < -0.3 is 9.64 Å². The second-order valence-electron chi connectivity index (χ2n) is 8.08. The molecular formula is C24H26Cl2N6O2. The SMILES string of the molecule is CCCc1cnc(N2CCC(Oc3cc(=O)n(-c4ccc(Cl)c(Cl)c4)nc3C=NC)CC2)nc1. The molecule has 0 atom stereocenters. The molecule has 0 aliphatic carbocycles. The van der Waals surface area contributed by atoms with Gasteiger partial charge in [0.15, 0.2) is 5.75 Å². The third-order valence-corrected chi connectivity index (χ3v) is 6.31. The van der Waals surface area contributed by atoms with Crippen molar-refractivity contribution < 1.29 is 4.74 Å². The first-order chi connectivity index (χ1) is 16.5. The number of ether oxygens (including phenoxy) is 1. The summed E-state index contributed by atoms with van der Waals surface area (Å²) in [5.74, 6) is 1.15. The Kier molecular flexibility index (Phi) is 7.80. The lowest BCUT2D eigenvalue weighted by Gasteiger charge is -2.32. The second kappa shape index (κ2) is 11.0. The minimum absolute atomic E-state index is 0.0540. The van der Waals surface area contributed by atoms with Gasteiger partial charge in [-0.15, -0.1) is 0 Å². The highest BCUT2D eigenvalue weighted by atomic mass is 35.5.